The zero-order valence-electron chi connectivity index (χ0n) is 17.1. The molecule has 0 aliphatic rings. The summed E-state index contributed by atoms with van der Waals surface area (Å²) < 4.78 is 5.71. The Kier molecular flexibility index (Phi) is 8.05. The molecule has 0 aromatic heterocycles. The summed E-state index contributed by atoms with van der Waals surface area (Å²) in [6.45, 7) is 6.41. The summed E-state index contributed by atoms with van der Waals surface area (Å²) >= 11 is 0. The molecule has 5 nitrogen and oxygen atoms in total. The van der Waals surface area contributed by atoms with Crippen molar-refractivity contribution in [2.75, 3.05) is 13.7 Å². The van der Waals surface area contributed by atoms with Gasteiger partial charge in [-0.1, -0.05) is 63.2 Å². The molecular weight excluding hydrogens is 352 g/mol. The summed E-state index contributed by atoms with van der Waals surface area (Å²) in [5, 5.41) is 2.65. The number of rotatable bonds is 9. The fraction of sp³-hybridized carbons (Fsp3) is 0.391. The molecule has 0 heterocycles. The van der Waals surface area contributed by atoms with Crippen molar-refractivity contribution in [2.24, 2.45) is 0 Å². The number of hydrogen-bond acceptors (Lipinski definition) is 3. The van der Waals surface area contributed by atoms with Crippen LogP contribution in [-0.4, -0.2) is 36.4 Å². The van der Waals surface area contributed by atoms with E-state index in [0.29, 0.717) is 24.6 Å². The second-order valence-corrected chi connectivity index (χ2v) is 7.06. The predicted molar refractivity (Wildman–Crippen MR) is 111 cm³/mol. The van der Waals surface area contributed by atoms with Gasteiger partial charge in [-0.15, -0.1) is 0 Å². The van der Waals surface area contributed by atoms with E-state index in [-0.39, 0.29) is 18.4 Å². The van der Waals surface area contributed by atoms with Gasteiger partial charge in [0, 0.05) is 13.6 Å². The molecule has 0 spiro atoms. The number of benzene rings is 2. The largest absolute Gasteiger partial charge is 0.484 e. The highest BCUT2D eigenvalue weighted by Gasteiger charge is 2.28. The van der Waals surface area contributed by atoms with E-state index < -0.39 is 6.04 Å². The topological polar surface area (TPSA) is 58.6 Å². The van der Waals surface area contributed by atoms with Gasteiger partial charge in [0.15, 0.2) is 6.61 Å². The van der Waals surface area contributed by atoms with Gasteiger partial charge < -0.3 is 15.0 Å². The number of hydrogen-bond donors (Lipinski definition) is 1. The Hall–Kier alpha value is -2.82. The van der Waals surface area contributed by atoms with Crippen molar-refractivity contribution in [1.82, 2.24) is 10.2 Å². The number of nitrogens with one attached hydrogen (secondary N) is 1. The third kappa shape index (κ3) is 5.84. The van der Waals surface area contributed by atoms with Crippen LogP contribution in [0.1, 0.15) is 44.2 Å². The standard InChI is InChI=1S/C23H30N2O3/c1-5-21(23(27)24-4)25(15-18-9-7-6-8-10-18)22(26)16-28-20-13-11-19(12-14-20)17(2)3/h6-14,17,21H,5,15-16H2,1-4H3,(H,24,27)/t21-/m1/s1. The van der Waals surface area contributed by atoms with Gasteiger partial charge >= 0.3 is 0 Å². The van der Waals surface area contributed by atoms with Crippen molar-refractivity contribution in [3.05, 3.63) is 65.7 Å². The third-order valence-corrected chi connectivity index (χ3v) is 4.74. The van der Waals surface area contributed by atoms with E-state index in [9.17, 15) is 9.59 Å². The van der Waals surface area contributed by atoms with Crippen LogP contribution in [0.15, 0.2) is 54.6 Å². The first kappa shape index (κ1) is 21.5. The van der Waals surface area contributed by atoms with Crippen molar-refractivity contribution < 1.29 is 14.3 Å². The molecule has 0 saturated carbocycles. The SMILES string of the molecule is CC[C@H](C(=O)NC)N(Cc1ccccc1)C(=O)COc1ccc(C(C)C)cc1. The van der Waals surface area contributed by atoms with Gasteiger partial charge in [-0.25, -0.2) is 0 Å². The molecule has 2 rings (SSSR count). The van der Waals surface area contributed by atoms with Crippen molar-refractivity contribution >= 4 is 11.8 Å². The average Bonchev–Trinajstić information content (AvgIpc) is 2.72. The summed E-state index contributed by atoms with van der Waals surface area (Å²) in [5.74, 6) is 0.695. The highest BCUT2D eigenvalue weighted by Crippen LogP contribution is 2.19. The molecule has 2 amide bonds. The Balaban J connectivity index is 2.12. The maximum atomic E-state index is 12.9. The quantitative estimate of drug-likeness (QED) is 0.719. The molecule has 2 aromatic carbocycles. The van der Waals surface area contributed by atoms with Crippen LogP contribution in [0.3, 0.4) is 0 Å². The fourth-order valence-corrected chi connectivity index (χ4v) is 3.04. The van der Waals surface area contributed by atoms with Gasteiger partial charge in [-0.3, -0.25) is 9.59 Å². The minimum Gasteiger partial charge on any atom is -0.484 e. The van der Waals surface area contributed by atoms with E-state index in [1.807, 2.05) is 61.5 Å². The summed E-state index contributed by atoms with van der Waals surface area (Å²) in [6, 6.07) is 16.9. The molecule has 5 heteroatoms. The van der Waals surface area contributed by atoms with Gasteiger partial charge in [-0.2, -0.15) is 0 Å². The van der Waals surface area contributed by atoms with E-state index in [1.54, 1.807) is 11.9 Å². The Morgan fingerprint density at radius 2 is 1.68 bits per heavy atom. The summed E-state index contributed by atoms with van der Waals surface area (Å²) in [6.07, 6.45) is 0.529. The van der Waals surface area contributed by atoms with Crippen LogP contribution in [0, 0.1) is 0 Å². The third-order valence-electron chi connectivity index (χ3n) is 4.74. The maximum absolute atomic E-state index is 12.9. The molecule has 0 fully saturated rings. The molecule has 1 atom stereocenters. The van der Waals surface area contributed by atoms with E-state index in [0.717, 1.165) is 5.56 Å². The van der Waals surface area contributed by atoms with Gasteiger partial charge in [0.25, 0.3) is 5.91 Å². The van der Waals surface area contributed by atoms with Gasteiger partial charge in [0.05, 0.1) is 0 Å². The lowest BCUT2D eigenvalue weighted by atomic mass is 10.0. The van der Waals surface area contributed by atoms with E-state index in [2.05, 4.69) is 19.2 Å². The van der Waals surface area contributed by atoms with Gasteiger partial charge in [0.2, 0.25) is 5.91 Å². The lowest BCUT2D eigenvalue weighted by Gasteiger charge is -2.30. The second-order valence-electron chi connectivity index (χ2n) is 7.06. The monoisotopic (exact) mass is 382 g/mol. The molecule has 1 N–H and O–H groups in total. The molecule has 0 radical (unpaired) electrons. The van der Waals surface area contributed by atoms with Crippen molar-refractivity contribution in [3.8, 4) is 5.75 Å². The van der Waals surface area contributed by atoms with Crippen LogP contribution >= 0.6 is 0 Å². The van der Waals surface area contributed by atoms with Gasteiger partial charge in [0.1, 0.15) is 11.8 Å². The molecule has 0 unspecified atom stereocenters. The molecule has 0 bridgehead atoms. The molecule has 0 aliphatic carbocycles. The highest BCUT2D eigenvalue weighted by molar-refractivity contribution is 5.88. The molecule has 150 valence electrons. The normalized spacial score (nSPS) is 11.8. The average molecular weight is 383 g/mol. The minimum atomic E-state index is -0.537. The van der Waals surface area contributed by atoms with E-state index in [1.165, 1.54) is 5.56 Å². The Morgan fingerprint density at radius 1 is 1.04 bits per heavy atom. The zero-order valence-corrected chi connectivity index (χ0v) is 17.1. The molecule has 0 aliphatic heterocycles. The van der Waals surface area contributed by atoms with Crippen LogP contribution in [0.4, 0.5) is 0 Å². The lowest BCUT2D eigenvalue weighted by molar-refractivity contribution is -0.142. The summed E-state index contributed by atoms with van der Waals surface area (Å²) in [7, 11) is 1.59. The molecular formula is C23H30N2O3. The number of carbonyl (C=O) groups excluding carboxylic acids is 2. The first-order valence-corrected chi connectivity index (χ1v) is 9.74. The zero-order chi connectivity index (χ0) is 20.5. The number of amides is 2. The molecule has 2 aromatic rings. The van der Waals surface area contributed by atoms with E-state index >= 15 is 0 Å². The first-order valence-electron chi connectivity index (χ1n) is 9.74. The Morgan fingerprint density at radius 3 is 2.21 bits per heavy atom. The maximum Gasteiger partial charge on any atom is 0.261 e. The summed E-state index contributed by atoms with van der Waals surface area (Å²) in [5.41, 5.74) is 2.19. The number of ether oxygens (including phenoxy) is 1. The Bertz CT molecular complexity index is 757. The van der Waals surface area contributed by atoms with Crippen molar-refractivity contribution in [3.63, 3.8) is 0 Å². The summed E-state index contributed by atoms with van der Waals surface area (Å²) in [4.78, 5) is 26.8. The van der Waals surface area contributed by atoms with Crippen LogP contribution in [0.5, 0.6) is 5.75 Å². The smallest absolute Gasteiger partial charge is 0.261 e. The van der Waals surface area contributed by atoms with Crippen LogP contribution in [-0.2, 0) is 16.1 Å². The lowest BCUT2D eigenvalue weighted by Crippen LogP contribution is -2.49. The molecule has 28 heavy (non-hydrogen) atoms. The van der Waals surface area contributed by atoms with Crippen molar-refractivity contribution in [1.29, 1.82) is 0 Å². The van der Waals surface area contributed by atoms with Crippen LogP contribution in [0.2, 0.25) is 0 Å². The first-order chi connectivity index (χ1) is 13.5. The molecule has 0 saturated heterocycles. The van der Waals surface area contributed by atoms with E-state index in [4.69, 9.17) is 4.74 Å². The Labute approximate surface area is 167 Å². The van der Waals surface area contributed by atoms with Crippen molar-refractivity contribution in [2.45, 2.75) is 45.7 Å². The minimum absolute atomic E-state index is 0.110. The second kappa shape index (κ2) is 10.5. The van der Waals surface area contributed by atoms with Crippen LogP contribution in [0.25, 0.3) is 0 Å². The number of likely N-dealkylation sites (N-methyl/N-ethyl adjacent to an activating group) is 1. The van der Waals surface area contributed by atoms with Gasteiger partial charge in [-0.05, 0) is 35.6 Å². The number of nitrogens with zero attached hydrogens (tertiary/aromatic N) is 1. The number of carbonyl (C=O) groups is 2. The fourth-order valence-electron chi connectivity index (χ4n) is 3.04. The highest BCUT2D eigenvalue weighted by atomic mass is 16.5. The van der Waals surface area contributed by atoms with Crippen LogP contribution < -0.4 is 10.1 Å². The predicted octanol–water partition coefficient (Wildman–Crippen LogP) is 3.74.